The maximum Gasteiger partial charge on any atom is 0.272 e. The first-order valence-electron chi connectivity index (χ1n) is 6.24. The van der Waals surface area contributed by atoms with Gasteiger partial charge in [0.1, 0.15) is 5.69 Å². The first kappa shape index (κ1) is 14.9. The van der Waals surface area contributed by atoms with Crippen LogP contribution in [-0.2, 0) is 4.79 Å². The number of hydrogen-bond acceptors (Lipinski definition) is 4. The van der Waals surface area contributed by atoms with Gasteiger partial charge in [-0.15, -0.1) is 0 Å². The number of amides is 2. The molecule has 0 saturated carbocycles. The fourth-order valence-corrected chi connectivity index (χ4v) is 1.68. The number of carbonyl (C=O) groups is 2. The highest BCUT2D eigenvalue weighted by molar-refractivity contribution is 5.94. The Morgan fingerprint density at radius 2 is 1.89 bits per heavy atom. The first-order chi connectivity index (χ1) is 8.99. The number of nitrogens with two attached hydrogens (primary N) is 1. The minimum atomic E-state index is -0.291. The molecule has 0 aliphatic carbocycles. The van der Waals surface area contributed by atoms with E-state index in [-0.39, 0.29) is 24.1 Å². The van der Waals surface area contributed by atoms with Crippen molar-refractivity contribution in [1.82, 2.24) is 14.8 Å². The number of carbonyl (C=O) groups excluding carboxylic acids is 2. The summed E-state index contributed by atoms with van der Waals surface area (Å²) in [5.74, 6) is -0.364. The molecule has 0 unspecified atom stereocenters. The molecule has 104 valence electrons. The lowest BCUT2D eigenvalue weighted by Gasteiger charge is -2.23. The molecule has 2 N–H and O–H groups in total. The van der Waals surface area contributed by atoms with Gasteiger partial charge in [0, 0.05) is 20.1 Å². The molecule has 0 aliphatic heterocycles. The highest BCUT2D eigenvalue weighted by Crippen LogP contribution is 2.04. The van der Waals surface area contributed by atoms with E-state index in [4.69, 9.17) is 5.73 Å². The molecule has 0 atom stereocenters. The number of aromatic nitrogens is 1. The Morgan fingerprint density at radius 3 is 2.37 bits per heavy atom. The molecule has 1 aromatic heterocycles. The average Bonchev–Trinajstić information content (AvgIpc) is 2.40. The zero-order chi connectivity index (χ0) is 14.4. The zero-order valence-corrected chi connectivity index (χ0v) is 11.6. The van der Waals surface area contributed by atoms with Crippen molar-refractivity contribution in [2.24, 2.45) is 0 Å². The number of nitrogen functional groups attached to an aromatic ring is 1. The molecular weight excluding hydrogens is 244 g/mol. The van der Waals surface area contributed by atoms with Gasteiger partial charge in [-0.05, 0) is 26.0 Å². The van der Waals surface area contributed by atoms with Gasteiger partial charge < -0.3 is 15.5 Å². The molecule has 1 rings (SSSR count). The van der Waals surface area contributed by atoms with Crippen LogP contribution < -0.4 is 5.73 Å². The Balaban J connectivity index is 2.67. The van der Waals surface area contributed by atoms with Crippen molar-refractivity contribution < 1.29 is 9.59 Å². The topological polar surface area (TPSA) is 79.5 Å². The minimum absolute atomic E-state index is 0.0482. The standard InChI is InChI=1S/C13H20N4O2/c1-4-17(5-2)12(18)9-16(3)13(19)11-7-6-10(14)8-15-11/h6-8H,4-5,9,14H2,1-3H3. The summed E-state index contributed by atoms with van der Waals surface area (Å²) in [5, 5.41) is 0. The largest absolute Gasteiger partial charge is 0.397 e. The molecule has 0 fully saturated rings. The number of nitrogens with zero attached hydrogens (tertiary/aromatic N) is 3. The Morgan fingerprint density at radius 1 is 1.26 bits per heavy atom. The summed E-state index contributed by atoms with van der Waals surface area (Å²) in [6.07, 6.45) is 1.42. The van der Waals surface area contributed by atoms with E-state index < -0.39 is 0 Å². The summed E-state index contributed by atoms with van der Waals surface area (Å²) in [4.78, 5) is 30.9. The molecule has 0 aromatic carbocycles. The molecule has 6 nitrogen and oxygen atoms in total. The van der Waals surface area contributed by atoms with E-state index in [0.29, 0.717) is 18.8 Å². The van der Waals surface area contributed by atoms with Crippen LogP contribution in [-0.4, -0.2) is 53.3 Å². The third-order valence-electron chi connectivity index (χ3n) is 2.84. The Hall–Kier alpha value is -2.11. The van der Waals surface area contributed by atoms with Crippen LogP contribution in [0, 0.1) is 0 Å². The number of rotatable bonds is 5. The van der Waals surface area contributed by atoms with E-state index in [1.54, 1.807) is 24.1 Å². The highest BCUT2D eigenvalue weighted by Gasteiger charge is 2.18. The van der Waals surface area contributed by atoms with Gasteiger partial charge in [0.05, 0.1) is 18.4 Å². The van der Waals surface area contributed by atoms with E-state index >= 15 is 0 Å². The third kappa shape index (κ3) is 3.94. The van der Waals surface area contributed by atoms with Gasteiger partial charge in [-0.1, -0.05) is 0 Å². The maximum absolute atomic E-state index is 12.0. The monoisotopic (exact) mass is 264 g/mol. The molecule has 0 spiro atoms. The summed E-state index contributed by atoms with van der Waals surface area (Å²) in [7, 11) is 1.59. The van der Waals surface area contributed by atoms with Crippen molar-refractivity contribution in [1.29, 1.82) is 0 Å². The predicted octanol–water partition coefficient (Wildman–Crippen LogP) is 0.604. The summed E-state index contributed by atoms with van der Waals surface area (Å²) in [6, 6.07) is 3.16. The second kappa shape index (κ2) is 6.72. The quantitative estimate of drug-likeness (QED) is 0.844. The van der Waals surface area contributed by atoms with Crippen LogP contribution in [0.4, 0.5) is 5.69 Å². The smallest absolute Gasteiger partial charge is 0.272 e. The molecule has 6 heteroatoms. The van der Waals surface area contributed by atoms with Crippen molar-refractivity contribution in [2.45, 2.75) is 13.8 Å². The Kier molecular flexibility index (Phi) is 5.29. The molecule has 2 amide bonds. The molecule has 1 aromatic rings. The SMILES string of the molecule is CCN(CC)C(=O)CN(C)C(=O)c1ccc(N)cn1. The van der Waals surface area contributed by atoms with Crippen molar-refractivity contribution in [3.05, 3.63) is 24.0 Å². The maximum atomic E-state index is 12.0. The number of pyridine rings is 1. The lowest BCUT2D eigenvalue weighted by molar-refractivity contribution is -0.131. The number of anilines is 1. The van der Waals surface area contributed by atoms with Crippen molar-refractivity contribution in [2.75, 3.05) is 32.4 Å². The summed E-state index contributed by atoms with van der Waals surface area (Å²) in [6.45, 7) is 5.14. The van der Waals surface area contributed by atoms with Crippen LogP contribution in [0.5, 0.6) is 0 Å². The lowest BCUT2D eigenvalue weighted by atomic mass is 10.3. The van der Waals surface area contributed by atoms with Gasteiger partial charge in [-0.3, -0.25) is 9.59 Å². The second-order valence-corrected chi connectivity index (χ2v) is 4.20. The molecule has 0 aliphatic rings. The van der Waals surface area contributed by atoms with Gasteiger partial charge in [0.2, 0.25) is 5.91 Å². The van der Waals surface area contributed by atoms with Crippen LogP contribution in [0.1, 0.15) is 24.3 Å². The fraction of sp³-hybridized carbons (Fsp3) is 0.462. The van der Waals surface area contributed by atoms with Gasteiger partial charge in [0.25, 0.3) is 5.91 Å². The molecule has 1 heterocycles. The van der Waals surface area contributed by atoms with Crippen LogP contribution in [0.15, 0.2) is 18.3 Å². The lowest BCUT2D eigenvalue weighted by Crippen LogP contribution is -2.41. The predicted molar refractivity (Wildman–Crippen MR) is 73.5 cm³/mol. The molecule has 19 heavy (non-hydrogen) atoms. The Labute approximate surface area is 113 Å². The van der Waals surface area contributed by atoms with E-state index in [2.05, 4.69) is 4.98 Å². The molecule has 0 radical (unpaired) electrons. The van der Waals surface area contributed by atoms with Crippen LogP contribution in [0.25, 0.3) is 0 Å². The van der Waals surface area contributed by atoms with Gasteiger partial charge >= 0.3 is 0 Å². The average molecular weight is 264 g/mol. The first-order valence-corrected chi connectivity index (χ1v) is 6.24. The summed E-state index contributed by atoms with van der Waals surface area (Å²) < 4.78 is 0. The normalized spacial score (nSPS) is 10.1. The van der Waals surface area contributed by atoms with Gasteiger partial charge in [-0.2, -0.15) is 0 Å². The third-order valence-corrected chi connectivity index (χ3v) is 2.84. The highest BCUT2D eigenvalue weighted by atomic mass is 16.2. The number of hydrogen-bond donors (Lipinski definition) is 1. The molecule has 0 saturated heterocycles. The fourth-order valence-electron chi connectivity index (χ4n) is 1.68. The van der Waals surface area contributed by atoms with Crippen LogP contribution in [0.2, 0.25) is 0 Å². The summed E-state index contributed by atoms with van der Waals surface area (Å²) >= 11 is 0. The van der Waals surface area contributed by atoms with Crippen molar-refractivity contribution in [3.63, 3.8) is 0 Å². The van der Waals surface area contributed by atoms with Gasteiger partial charge in [0.15, 0.2) is 0 Å². The van der Waals surface area contributed by atoms with Gasteiger partial charge in [-0.25, -0.2) is 4.98 Å². The van der Waals surface area contributed by atoms with E-state index in [9.17, 15) is 9.59 Å². The van der Waals surface area contributed by atoms with E-state index in [1.165, 1.54) is 11.1 Å². The zero-order valence-electron chi connectivity index (χ0n) is 11.6. The van der Waals surface area contributed by atoms with Crippen molar-refractivity contribution >= 4 is 17.5 Å². The van der Waals surface area contributed by atoms with Crippen LogP contribution >= 0.6 is 0 Å². The molecular formula is C13H20N4O2. The molecule has 0 bridgehead atoms. The van der Waals surface area contributed by atoms with Crippen molar-refractivity contribution in [3.8, 4) is 0 Å². The Bertz CT molecular complexity index is 440. The van der Waals surface area contributed by atoms with Crippen LogP contribution in [0.3, 0.4) is 0 Å². The summed E-state index contributed by atoms with van der Waals surface area (Å²) in [5.41, 5.74) is 6.29. The number of likely N-dealkylation sites (N-methyl/N-ethyl adjacent to an activating group) is 2. The van der Waals surface area contributed by atoms with E-state index in [1.807, 2.05) is 13.8 Å². The second-order valence-electron chi connectivity index (χ2n) is 4.20. The minimum Gasteiger partial charge on any atom is -0.397 e. The van der Waals surface area contributed by atoms with E-state index in [0.717, 1.165) is 0 Å².